The molecule has 7 atom stereocenters. The molecule has 2 saturated carbocycles. The van der Waals surface area contributed by atoms with E-state index in [1.54, 1.807) is 0 Å². The van der Waals surface area contributed by atoms with E-state index in [1.807, 2.05) is 6.92 Å². The van der Waals surface area contributed by atoms with Crippen LogP contribution < -0.4 is 0 Å². The van der Waals surface area contributed by atoms with Gasteiger partial charge in [-0.05, 0) is 31.6 Å². The Morgan fingerprint density at radius 3 is 2.48 bits per heavy atom. The topological polar surface area (TPSA) is 18.5 Å². The van der Waals surface area contributed by atoms with E-state index in [0.29, 0.717) is 25.9 Å². The van der Waals surface area contributed by atoms with Crippen LogP contribution in [-0.2, 0) is 9.47 Å². The monoisotopic (exact) mass is 306 g/mol. The molecule has 0 radical (unpaired) electrons. The summed E-state index contributed by atoms with van der Waals surface area (Å²) in [5.41, 5.74) is 0. The van der Waals surface area contributed by atoms with Gasteiger partial charge in [-0.25, -0.2) is 13.2 Å². The Labute approximate surface area is 124 Å². The highest BCUT2D eigenvalue weighted by molar-refractivity contribution is 5.01. The maximum Gasteiger partial charge on any atom is 0.158 e. The van der Waals surface area contributed by atoms with Crippen molar-refractivity contribution in [3.05, 3.63) is 12.7 Å². The lowest BCUT2D eigenvalue weighted by Crippen LogP contribution is -2.55. The number of hydrogen-bond donors (Lipinski definition) is 0. The van der Waals surface area contributed by atoms with Crippen molar-refractivity contribution < 1.29 is 22.6 Å². The Kier molecular flexibility index (Phi) is 6.11. The average Bonchev–Trinajstić information content (AvgIpc) is 2.48. The van der Waals surface area contributed by atoms with Crippen LogP contribution in [0, 0.1) is 11.8 Å². The van der Waals surface area contributed by atoms with Crippen molar-refractivity contribution in [3.63, 3.8) is 0 Å². The van der Waals surface area contributed by atoms with Crippen LogP contribution in [0.2, 0.25) is 0 Å². The zero-order valence-electron chi connectivity index (χ0n) is 12.5. The SMILES string of the molecule is C=CCOC1CC2CCC(OCCC)C(F)C2C(F)C1F. The molecule has 0 N–H and O–H groups in total. The van der Waals surface area contributed by atoms with Gasteiger partial charge in [0.05, 0.1) is 18.8 Å². The van der Waals surface area contributed by atoms with Crippen molar-refractivity contribution in [2.75, 3.05) is 13.2 Å². The van der Waals surface area contributed by atoms with E-state index >= 15 is 0 Å². The fourth-order valence-corrected chi connectivity index (χ4v) is 3.59. The molecule has 0 amide bonds. The van der Waals surface area contributed by atoms with E-state index < -0.39 is 36.6 Å². The quantitative estimate of drug-likeness (QED) is 0.695. The van der Waals surface area contributed by atoms with Gasteiger partial charge in [-0.3, -0.25) is 0 Å². The summed E-state index contributed by atoms with van der Waals surface area (Å²) in [6.45, 7) is 6.10. The normalized spacial score (nSPS) is 43.3. The number of ether oxygens (including phenoxy) is 2. The van der Waals surface area contributed by atoms with Gasteiger partial charge in [0.2, 0.25) is 0 Å². The van der Waals surface area contributed by atoms with Gasteiger partial charge in [0.25, 0.3) is 0 Å². The van der Waals surface area contributed by atoms with E-state index in [0.717, 1.165) is 6.42 Å². The molecule has 0 aliphatic heterocycles. The zero-order valence-corrected chi connectivity index (χ0v) is 12.5. The summed E-state index contributed by atoms with van der Waals surface area (Å²) in [6.07, 6.45) is -2.48. The Morgan fingerprint density at radius 1 is 1.05 bits per heavy atom. The number of alkyl halides is 3. The van der Waals surface area contributed by atoms with Crippen molar-refractivity contribution in [2.24, 2.45) is 11.8 Å². The molecule has 2 rings (SSSR count). The maximum atomic E-state index is 14.5. The molecule has 122 valence electrons. The molecular weight excluding hydrogens is 281 g/mol. The van der Waals surface area contributed by atoms with Crippen LogP contribution in [-0.4, -0.2) is 43.9 Å². The lowest BCUT2D eigenvalue weighted by molar-refractivity contribution is -0.148. The Hall–Kier alpha value is -0.550. The number of hydrogen-bond acceptors (Lipinski definition) is 2. The van der Waals surface area contributed by atoms with E-state index in [2.05, 4.69) is 6.58 Å². The molecule has 7 unspecified atom stereocenters. The smallest absolute Gasteiger partial charge is 0.158 e. The van der Waals surface area contributed by atoms with Crippen molar-refractivity contribution in [2.45, 2.75) is 63.3 Å². The van der Waals surface area contributed by atoms with Crippen LogP contribution in [0.1, 0.15) is 32.6 Å². The highest BCUT2D eigenvalue weighted by Crippen LogP contribution is 2.46. The summed E-state index contributed by atoms with van der Waals surface area (Å²) in [7, 11) is 0. The lowest BCUT2D eigenvalue weighted by atomic mass is 9.66. The largest absolute Gasteiger partial charge is 0.375 e. The summed E-state index contributed by atoms with van der Waals surface area (Å²) >= 11 is 0. The van der Waals surface area contributed by atoms with Gasteiger partial charge in [-0.15, -0.1) is 6.58 Å². The summed E-state index contributed by atoms with van der Waals surface area (Å²) in [4.78, 5) is 0. The van der Waals surface area contributed by atoms with Gasteiger partial charge >= 0.3 is 0 Å². The maximum absolute atomic E-state index is 14.5. The predicted molar refractivity (Wildman–Crippen MR) is 75.5 cm³/mol. The molecular formula is C16H25F3O2. The van der Waals surface area contributed by atoms with E-state index in [4.69, 9.17) is 9.47 Å². The van der Waals surface area contributed by atoms with E-state index in [1.165, 1.54) is 6.08 Å². The number of rotatable bonds is 6. The second kappa shape index (κ2) is 7.63. The third-order valence-corrected chi connectivity index (χ3v) is 4.62. The highest BCUT2D eigenvalue weighted by Gasteiger charge is 2.53. The predicted octanol–water partition coefficient (Wildman–Crippen LogP) is 3.80. The lowest BCUT2D eigenvalue weighted by Gasteiger charge is -2.46. The second-order valence-electron chi connectivity index (χ2n) is 6.05. The fraction of sp³-hybridized carbons (Fsp3) is 0.875. The van der Waals surface area contributed by atoms with Gasteiger partial charge in [0, 0.05) is 12.5 Å². The fourth-order valence-electron chi connectivity index (χ4n) is 3.59. The third kappa shape index (κ3) is 3.62. The Bertz CT molecular complexity index is 337. The molecule has 0 bridgehead atoms. The molecule has 0 spiro atoms. The van der Waals surface area contributed by atoms with Crippen molar-refractivity contribution in [1.29, 1.82) is 0 Å². The molecule has 0 saturated heterocycles. The molecule has 0 aromatic heterocycles. The first-order valence-electron chi connectivity index (χ1n) is 7.86. The molecule has 21 heavy (non-hydrogen) atoms. The first-order valence-corrected chi connectivity index (χ1v) is 7.86. The standard InChI is InChI=1S/C16H25F3O2/c1-3-7-20-11-6-5-10-9-12(21-8-4-2)15(18)16(19)13(10)14(11)17/h4,10-16H,2-3,5-9H2,1H3. The van der Waals surface area contributed by atoms with Crippen LogP contribution >= 0.6 is 0 Å². The average molecular weight is 306 g/mol. The molecule has 2 nitrogen and oxygen atoms in total. The molecule has 2 fully saturated rings. The van der Waals surface area contributed by atoms with Gasteiger partial charge in [0.15, 0.2) is 6.17 Å². The van der Waals surface area contributed by atoms with Crippen molar-refractivity contribution in [3.8, 4) is 0 Å². The van der Waals surface area contributed by atoms with Gasteiger partial charge in [-0.1, -0.05) is 13.0 Å². The van der Waals surface area contributed by atoms with E-state index in [9.17, 15) is 13.2 Å². The third-order valence-electron chi connectivity index (χ3n) is 4.62. The number of fused-ring (bicyclic) bond motifs is 1. The second-order valence-corrected chi connectivity index (χ2v) is 6.05. The van der Waals surface area contributed by atoms with Crippen LogP contribution in [0.4, 0.5) is 13.2 Å². The first kappa shape index (κ1) is 16.8. The van der Waals surface area contributed by atoms with Crippen LogP contribution in [0.15, 0.2) is 12.7 Å². The summed E-state index contributed by atoms with van der Waals surface area (Å²) in [6, 6.07) is 0. The van der Waals surface area contributed by atoms with Crippen LogP contribution in [0.25, 0.3) is 0 Å². The van der Waals surface area contributed by atoms with Crippen molar-refractivity contribution in [1.82, 2.24) is 0 Å². The summed E-state index contributed by atoms with van der Waals surface area (Å²) in [5, 5.41) is 0. The Balaban J connectivity index is 2.01. The van der Waals surface area contributed by atoms with E-state index in [-0.39, 0.29) is 12.5 Å². The number of halogens is 3. The molecule has 0 aromatic carbocycles. The zero-order chi connectivity index (χ0) is 15.4. The highest BCUT2D eigenvalue weighted by atomic mass is 19.2. The summed E-state index contributed by atoms with van der Waals surface area (Å²) < 4.78 is 53.8. The first-order chi connectivity index (χ1) is 10.1. The molecule has 0 heterocycles. The summed E-state index contributed by atoms with van der Waals surface area (Å²) in [5.74, 6) is -1.07. The van der Waals surface area contributed by atoms with Crippen LogP contribution in [0.5, 0.6) is 0 Å². The molecule has 0 aromatic rings. The van der Waals surface area contributed by atoms with Gasteiger partial charge in [-0.2, -0.15) is 0 Å². The molecule has 5 heteroatoms. The Morgan fingerprint density at radius 2 is 1.81 bits per heavy atom. The molecule has 2 aliphatic carbocycles. The minimum Gasteiger partial charge on any atom is -0.375 e. The molecule has 2 aliphatic rings. The minimum atomic E-state index is -1.82. The van der Waals surface area contributed by atoms with Gasteiger partial charge in [0.1, 0.15) is 12.3 Å². The van der Waals surface area contributed by atoms with Crippen molar-refractivity contribution >= 4 is 0 Å². The van der Waals surface area contributed by atoms with Crippen LogP contribution in [0.3, 0.4) is 0 Å². The van der Waals surface area contributed by atoms with Gasteiger partial charge < -0.3 is 9.47 Å². The minimum absolute atomic E-state index is 0.168.